The number of hydrogen-bond donors (Lipinski definition) is 1. The quantitative estimate of drug-likeness (QED) is 0.802. The van der Waals surface area contributed by atoms with E-state index in [1.54, 1.807) is 17.0 Å². The summed E-state index contributed by atoms with van der Waals surface area (Å²) in [6, 6.07) is 7.28. The first-order valence-electron chi connectivity index (χ1n) is 10.3. The highest BCUT2D eigenvalue weighted by Gasteiger charge is 2.37. The molecule has 0 bridgehead atoms. The number of aliphatic hydroxyl groups excluding tert-OH is 1. The molecule has 1 aromatic rings. The van der Waals surface area contributed by atoms with Crippen LogP contribution in [0.1, 0.15) is 51.7 Å². The molecule has 6 nitrogen and oxygen atoms in total. The monoisotopic (exact) mass is 422 g/mol. The summed E-state index contributed by atoms with van der Waals surface area (Å²) in [6.45, 7) is 7.76. The van der Waals surface area contributed by atoms with E-state index >= 15 is 0 Å². The van der Waals surface area contributed by atoms with Gasteiger partial charge in [0.2, 0.25) is 5.91 Å². The van der Waals surface area contributed by atoms with Crippen LogP contribution in [0.25, 0.3) is 0 Å². The van der Waals surface area contributed by atoms with Crippen molar-refractivity contribution < 1.29 is 19.4 Å². The minimum absolute atomic E-state index is 0.107. The van der Waals surface area contributed by atoms with Crippen LogP contribution in [-0.4, -0.2) is 58.7 Å². The summed E-state index contributed by atoms with van der Waals surface area (Å²) in [5.41, 5.74) is 0.328. The Hall–Kier alpha value is -1.79. The van der Waals surface area contributed by atoms with Crippen molar-refractivity contribution in [2.45, 2.75) is 51.7 Å². The van der Waals surface area contributed by atoms with Crippen LogP contribution in [-0.2, 0) is 9.53 Å². The molecule has 0 saturated carbocycles. The van der Waals surface area contributed by atoms with E-state index in [0.29, 0.717) is 37.6 Å². The van der Waals surface area contributed by atoms with E-state index < -0.39 is 11.7 Å². The number of hydrogen-bond acceptors (Lipinski definition) is 4. The number of likely N-dealkylation sites (tertiary alicyclic amines) is 2. The number of rotatable bonds is 3. The van der Waals surface area contributed by atoms with Gasteiger partial charge in [0.1, 0.15) is 5.60 Å². The Labute approximate surface area is 177 Å². The third kappa shape index (κ3) is 5.64. The molecule has 2 atom stereocenters. The number of ether oxygens (including phenoxy) is 1. The number of benzene rings is 1. The maximum absolute atomic E-state index is 12.9. The van der Waals surface area contributed by atoms with Gasteiger partial charge in [0, 0.05) is 31.2 Å². The second-order valence-corrected chi connectivity index (χ2v) is 9.51. The molecule has 2 fully saturated rings. The molecule has 2 amide bonds. The first-order valence-corrected chi connectivity index (χ1v) is 10.7. The third-order valence-corrected chi connectivity index (χ3v) is 5.95. The van der Waals surface area contributed by atoms with Gasteiger partial charge in [0.05, 0.1) is 12.0 Å². The molecule has 2 unspecified atom stereocenters. The SMILES string of the molecule is CC(C)(C)OC(=O)N1CCC(C(=O)N2CCC(C(O)c3ccc(Cl)cc3)CC2)C1. The van der Waals surface area contributed by atoms with Crippen LogP contribution < -0.4 is 0 Å². The topological polar surface area (TPSA) is 70.1 Å². The molecule has 3 rings (SSSR count). The average molecular weight is 423 g/mol. The van der Waals surface area contributed by atoms with Crippen LogP contribution in [0.5, 0.6) is 0 Å². The van der Waals surface area contributed by atoms with Crippen molar-refractivity contribution in [3.63, 3.8) is 0 Å². The number of carbonyl (C=O) groups excluding carboxylic acids is 2. The zero-order valence-electron chi connectivity index (χ0n) is 17.4. The van der Waals surface area contributed by atoms with Crippen LogP contribution in [0.4, 0.5) is 4.79 Å². The van der Waals surface area contributed by atoms with Gasteiger partial charge in [-0.1, -0.05) is 23.7 Å². The van der Waals surface area contributed by atoms with Gasteiger partial charge in [0.25, 0.3) is 0 Å². The molecule has 7 heteroatoms. The number of piperidine rings is 1. The van der Waals surface area contributed by atoms with E-state index in [-0.39, 0.29) is 23.8 Å². The first-order chi connectivity index (χ1) is 13.6. The average Bonchev–Trinajstić information content (AvgIpc) is 3.17. The molecule has 1 N–H and O–H groups in total. The van der Waals surface area contributed by atoms with Crippen molar-refractivity contribution in [3.05, 3.63) is 34.9 Å². The Morgan fingerprint density at radius 2 is 1.66 bits per heavy atom. The number of aliphatic hydroxyl groups is 1. The summed E-state index contributed by atoms with van der Waals surface area (Å²) in [4.78, 5) is 28.6. The smallest absolute Gasteiger partial charge is 0.410 e. The lowest BCUT2D eigenvalue weighted by Crippen LogP contribution is -2.44. The van der Waals surface area contributed by atoms with E-state index in [0.717, 1.165) is 18.4 Å². The number of carbonyl (C=O) groups is 2. The number of nitrogens with zero attached hydrogens (tertiary/aromatic N) is 2. The van der Waals surface area contributed by atoms with Gasteiger partial charge < -0.3 is 19.6 Å². The van der Waals surface area contributed by atoms with Crippen molar-refractivity contribution in [3.8, 4) is 0 Å². The summed E-state index contributed by atoms with van der Waals surface area (Å²) in [6.07, 6.45) is 1.30. The van der Waals surface area contributed by atoms with Gasteiger partial charge in [-0.25, -0.2) is 4.79 Å². The molecular weight excluding hydrogens is 392 g/mol. The maximum Gasteiger partial charge on any atom is 0.410 e. The first kappa shape index (κ1) is 21.9. The van der Waals surface area contributed by atoms with Crippen molar-refractivity contribution >= 4 is 23.6 Å². The van der Waals surface area contributed by atoms with Gasteiger partial charge in [-0.05, 0) is 63.6 Å². The summed E-state index contributed by atoms with van der Waals surface area (Å²) in [5, 5.41) is 11.3. The van der Waals surface area contributed by atoms with Gasteiger partial charge in [-0.2, -0.15) is 0 Å². The minimum atomic E-state index is -0.543. The molecule has 2 heterocycles. The van der Waals surface area contributed by atoms with Crippen molar-refractivity contribution in [2.75, 3.05) is 26.2 Å². The molecule has 160 valence electrons. The van der Waals surface area contributed by atoms with E-state index in [1.807, 2.05) is 37.8 Å². The lowest BCUT2D eigenvalue weighted by Gasteiger charge is -2.35. The van der Waals surface area contributed by atoms with Gasteiger partial charge >= 0.3 is 6.09 Å². The van der Waals surface area contributed by atoms with Crippen LogP contribution in [0.15, 0.2) is 24.3 Å². The standard InChI is InChI=1S/C22H31ClN2O4/c1-22(2,3)29-21(28)25-13-10-17(14-25)20(27)24-11-8-16(9-12-24)19(26)15-4-6-18(23)7-5-15/h4-7,16-17,19,26H,8-14H2,1-3H3. The molecule has 1 aromatic carbocycles. The van der Waals surface area contributed by atoms with Crippen LogP contribution in [0.3, 0.4) is 0 Å². The number of halogens is 1. The van der Waals surface area contributed by atoms with E-state index in [1.165, 1.54) is 0 Å². The number of amides is 2. The molecule has 0 radical (unpaired) electrons. The third-order valence-electron chi connectivity index (χ3n) is 5.70. The second-order valence-electron chi connectivity index (χ2n) is 9.07. The fourth-order valence-corrected chi connectivity index (χ4v) is 4.21. The van der Waals surface area contributed by atoms with Gasteiger partial charge in [-0.3, -0.25) is 4.79 Å². The largest absolute Gasteiger partial charge is 0.444 e. The van der Waals surface area contributed by atoms with Crippen molar-refractivity contribution in [1.29, 1.82) is 0 Å². The lowest BCUT2D eigenvalue weighted by atomic mass is 9.87. The summed E-state index contributed by atoms with van der Waals surface area (Å²) < 4.78 is 5.41. The summed E-state index contributed by atoms with van der Waals surface area (Å²) in [7, 11) is 0. The Balaban J connectivity index is 1.49. The molecule has 2 saturated heterocycles. The molecule has 0 aliphatic carbocycles. The lowest BCUT2D eigenvalue weighted by molar-refractivity contribution is -0.137. The Morgan fingerprint density at radius 3 is 2.24 bits per heavy atom. The zero-order valence-corrected chi connectivity index (χ0v) is 18.2. The highest BCUT2D eigenvalue weighted by molar-refractivity contribution is 6.30. The minimum Gasteiger partial charge on any atom is -0.444 e. The fraction of sp³-hybridized carbons (Fsp3) is 0.636. The normalized spacial score (nSPS) is 21.9. The van der Waals surface area contributed by atoms with E-state index in [4.69, 9.17) is 16.3 Å². The summed E-state index contributed by atoms with van der Waals surface area (Å²) in [5.74, 6) is 0.0674. The summed E-state index contributed by atoms with van der Waals surface area (Å²) >= 11 is 5.92. The predicted octanol–water partition coefficient (Wildman–Crippen LogP) is 3.87. The van der Waals surface area contributed by atoms with Crippen LogP contribution >= 0.6 is 11.6 Å². The second kappa shape index (κ2) is 8.92. The molecule has 2 aliphatic rings. The van der Waals surface area contributed by atoms with Crippen molar-refractivity contribution in [1.82, 2.24) is 9.80 Å². The predicted molar refractivity (Wildman–Crippen MR) is 112 cm³/mol. The molecule has 2 aliphatic heterocycles. The van der Waals surface area contributed by atoms with Crippen LogP contribution in [0.2, 0.25) is 5.02 Å². The fourth-order valence-electron chi connectivity index (χ4n) is 4.08. The van der Waals surface area contributed by atoms with Gasteiger partial charge in [-0.15, -0.1) is 0 Å². The van der Waals surface area contributed by atoms with E-state index in [9.17, 15) is 14.7 Å². The van der Waals surface area contributed by atoms with E-state index in [2.05, 4.69) is 0 Å². The maximum atomic E-state index is 12.9. The highest BCUT2D eigenvalue weighted by Crippen LogP contribution is 2.32. The highest BCUT2D eigenvalue weighted by atomic mass is 35.5. The molecule has 0 spiro atoms. The van der Waals surface area contributed by atoms with Crippen LogP contribution in [0, 0.1) is 11.8 Å². The Kier molecular flexibility index (Phi) is 6.74. The molecule has 29 heavy (non-hydrogen) atoms. The van der Waals surface area contributed by atoms with Crippen molar-refractivity contribution in [2.24, 2.45) is 11.8 Å². The Bertz CT molecular complexity index is 723. The Morgan fingerprint density at radius 1 is 1.07 bits per heavy atom. The molecular formula is C22H31ClN2O4. The molecule has 0 aromatic heterocycles. The zero-order chi connectivity index (χ0) is 21.2. The van der Waals surface area contributed by atoms with Gasteiger partial charge in [0.15, 0.2) is 0 Å².